The lowest BCUT2D eigenvalue weighted by Crippen LogP contribution is -2.49. The molecule has 130 valence electrons. The van der Waals surface area contributed by atoms with Gasteiger partial charge in [0.25, 0.3) is 0 Å². The van der Waals surface area contributed by atoms with Crippen LogP contribution >= 0.6 is 11.3 Å². The van der Waals surface area contributed by atoms with Gasteiger partial charge in [0.1, 0.15) is 0 Å². The molecule has 0 bridgehead atoms. The molecule has 0 amide bonds. The van der Waals surface area contributed by atoms with Crippen LogP contribution in [-0.2, 0) is 4.74 Å². The van der Waals surface area contributed by atoms with Gasteiger partial charge in [0.2, 0.25) is 0 Å². The molecular formula is C17H30N4OS. The third-order valence-electron chi connectivity index (χ3n) is 3.87. The Morgan fingerprint density at radius 3 is 2.83 bits per heavy atom. The first-order valence-corrected chi connectivity index (χ1v) is 9.40. The van der Waals surface area contributed by atoms with Crippen molar-refractivity contribution in [2.75, 3.05) is 44.8 Å². The van der Waals surface area contributed by atoms with E-state index < -0.39 is 0 Å². The van der Waals surface area contributed by atoms with Crippen LogP contribution in [0.25, 0.3) is 0 Å². The molecule has 1 aromatic heterocycles. The van der Waals surface area contributed by atoms with Gasteiger partial charge in [-0.3, -0.25) is 4.99 Å². The van der Waals surface area contributed by atoms with E-state index in [1.807, 2.05) is 18.4 Å². The van der Waals surface area contributed by atoms with E-state index in [-0.39, 0.29) is 0 Å². The number of thiophene rings is 1. The van der Waals surface area contributed by atoms with Crippen LogP contribution in [0.5, 0.6) is 0 Å². The number of ether oxygens (including phenoxy) is 1. The van der Waals surface area contributed by atoms with Gasteiger partial charge in [-0.15, -0.1) is 11.3 Å². The molecule has 1 aliphatic rings. The molecule has 0 saturated carbocycles. The Balaban J connectivity index is 1.63. The number of rotatable bonds is 7. The molecule has 5 nitrogen and oxygen atoms in total. The molecule has 1 saturated heterocycles. The monoisotopic (exact) mass is 338 g/mol. The van der Waals surface area contributed by atoms with Gasteiger partial charge in [0, 0.05) is 39.3 Å². The highest BCUT2D eigenvalue weighted by molar-refractivity contribution is 7.14. The molecule has 1 fully saturated rings. The highest BCUT2D eigenvalue weighted by Gasteiger charge is 2.20. The van der Waals surface area contributed by atoms with E-state index in [0.717, 1.165) is 51.6 Å². The smallest absolute Gasteiger partial charge is 0.191 e. The van der Waals surface area contributed by atoms with Crippen LogP contribution in [0.2, 0.25) is 0 Å². The molecule has 6 heteroatoms. The summed E-state index contributed by atoms with van der Waals surface area (Å²) in [5.41, 5.74) is 0. The molecule has 2 N–H and O–H groups in total. The molecule has 2 heterocycles. The second-order valence-electron chi connectivity index (χ2n) is 6.32. The normalized spacial score (nSPS) is 16.9. The number of piperidine rings is 1. The summed E-state index contributed by atoms with van der Waals surface area (Å²) in [5.74, 6) is 1.47. The number of guanidine groups is 1. The van der Waals surface area contributed by atoms with Crippen molar-refractivity contribution >= 4 is 22.3 Å². The third-order valence-corrected chi connectivity index (χ3v) is 4.80. The zero-order chi connectivity index (χ0) is 16.5. The average molecular weight is 339 g/mol. The van der Waals surface area contributed by atoms with Gasteiger partial charge in [-0.1, -0.05) is 13.8 Å². The highest BCUT2D eigenvalue weighted by Crippen LogP contribution is 2.24. The van der Waals surface area contributed by atoms with Crippen molar-refractivity contribution in [2.24, 2.45) is 10.9 Å². The van der Waals surface area contributed by atoms with E-state index in [9.17, 15) is 0 Å². The second kappa shape index (κ2) is 9.78. The van der Waals surface area contributed by atoms with Crippen molar-refractivity contribution in [1.29, 1.82) is 0 Å². The van der Waals surface area contributed by atoms with E-state index in [0.29, 0.717) is 12.0 Å². The first kappa shape index (κ1) is 18.1. The van der Waals surface area contributed by atoms with Crippen molar-refractivity contribution in [1.82, 2.24) is 10.6 Å². The molecule has 1 aliphatic heterocycles. The van der Waals surface area contributed by atoms with Crippen LogP contribution < -0.4 is 15.5 Å². The minimum Gasteiger partial charge on any atom is -0.379 e. The maximum absolute atomic E-state index is 5.58. The Kier molecular flexibility index (Phi) is 7.68. The standard InChI is InChI=1S/C17H30N4OS/c1-14(2)13-22-11-8-19-17(18-3)20-15-6-9-21(10-7-15)16-5-4-12-23-16/h4-5,12,14-15H,6-11,13H2,1-3H3,(H2,18,19,20). The maximum atomic E-state index is 5.58. The molecular weight excluding hydrogens is 308 g/mol. The number of nitrogens with zero attached hydrogens (tertiary/aromatic N) is 2. The summed E-state index contributed by atoms with van der Waals surface area (Å²) in [6, 6.07) is 4.82. The molecule has 0 radical (unpaired) electrons. The summed E-state index contributed by atoms with van der Waals surface area (Å²) in [6.07, 6.45) is 2.28. The summed E-state index contributed by atoms with van der Waals surface area (Å²) in [4.78, 5) is 6.78. The molecule has 0 unspecified atom stereocenters. The van der Waals surface area contributed by atoms with Crippen LogP contribution in [0.15, 0.2) is 22.5 Å². The quantitative estimate of drug-likeness (QED) is 0.456. The lowest BCUT2D eigenvalue weighted by molar-refractivity contribution is 0.114. The molecule has 0 aliphatic carbocycles. The molecule has 0 spiro atoms. The largest absolute Gasteiger partial charge is 0.379 e. The molecule has 0 aromatic carbocycles. The number of hydrogen-bond donors (Lipinski definition) is 2. The molecule has 2 rings (SSSR count). The van der Waals surface area contributed by atoms with Gasteiger partial charge < -0.3 is 20.3 Å². The number of nitrogens with one attached hydrogen (secondary N) is 2. The van der Waals surface area contributed by atoms with E-state index in [2.05, 4.69) is 51.9 Å². The summed E-state index contributed by atoms with van der Waals surface area (Å²) in [5, 5.41) is 10.4. The van der Waals surface area contributed by atoms with Crippen LogP contribution in [-0.4, -0.2) is 51.9 Å². The Labute approximate surface area is 144 Å². The molecule has 1 aromatic rings. The Bertz CT molecular complexity index is 453. The van der Waals surface area contributed by atoms with Gasteiger partial charge in [0.15, 0.2) is 5.96 Å². The van der Waals surface area contributed by atoms with E-state index >= 15 is 0 Å². The van der Waals surface area contributed by atoms with Crippen LogP contribution in [0.1, 0.15) is 26.7 Å². The SMILES string of the molecule is CN=C(NCCOCC(C)C)NC1CCN(c2cccs2)CC1. The fraction of sp³-hybridized carbons (Fsp3) is 0.706. The Morgan fingerprint density at radius 2 is 2.22 bits per heavy atom. The fourth-order valence-corrected chi connectivity index (χ4v) is 3.43. The maximum Gasteiger partial charge on any atom is 0.191 e. The van der Waals surface area contributed by atoms with E-state index in [1.165, 1.54) is 5.00 Å². The summed E-state index contributed by atoms with van der Waals surface area (Å²) in [6.45, 7) is 8.86. The first-order chi connectivity index (χ1) is 11.2. The minimum absolute atomic E-state index is 0.494. The third kappa shape index (κ3) is 6.39. The lowest BCUT2D eigenvalue weighted by atomic mass is 10.1. The number of aliphatic imine (C=N–C) groups is 1. The van der Waals surface area contributed by atoms with Gasteiger partial charge in [-0.2, -0.15) is 0 Å². The fourth-order valence-electron chi connectivity index (χ4n) is 2.64. The van der Waals surface area contributed by atoms with Crippen molar-refractivity contribution in [3.8, 4) is 0 Å². The van der Waals surface area contributed by atoms with Crippen molar-refractivity contribution < 1.29 is 4.74 Å². The number of anilines is 1. The van der Waals surface area contributed by atoms with Crippen molar-refractivity contribution in [2.45, 2.75) is 32.7 Å². The average Bonchev–Trinajstić information content (AvgIpc) is 3.08. The zero-order valence-corrected chi connectivity index (χ0v) is 15.4. The van der Waals surface area contributed by atoms with Crippen LogP contribution in [0.3, 0.4) is 0 Å². The van der Waals surface area contributed by atoms with Gasteiger partial charge >= 0.3 is 0 Å². The number of hydrogen-bond acceptors (Lipinski definition) is 4. The van der Waals surface area contributed by atoms with Crippen molar-refractivity contribution in [3.05, 3.63) is 17.5 Å². The highest BCUT2D eigenvalue weighted by atomic mass is 32.1. The summed E-state index contributed by atoms with van der Waals surface area (Å²) < 4.78 is 5.58. The topological polar surface area (TPSA) is 48.9 Å². The summed E-state index contributed by atoms with van der Waals surface area (Å²) in [7, 11) is 1.82. The Hall–Kier alpha value is -1.27. The predicted molar refractivity (Wildman–Crippen MR) is 99.7 cm³/mol. The zero-order valence-electron chi connectivity index (χ0n) is 14.5. The van der Waals surface area contributed by atoms with Gasteiger partial charge in [-0.25, -0.2) is 0 Å². The second-order valence-corrected chi connectivity index (χ2v) is 7.25. The van der Waals surface area contributed by atoms with Crippen molar-refractivity contribution in [3.63, 3.8) is 0 Å². The lowest BCUT2D eigenvalue weighted by Gasteiger charge is -2.33. The molecule has 0 atom stereocenters. The van der Waals surface area contributed by atoms with Crippen LogP contribution in [0.4, 0.5) is 5.00 Å². The minimum atomic E-state index is 0.494. The Morgan fingerprint density at radius 1 is 1.43 bits per heavy atom. The molecule has 23 heavy (non-hydrogen) atoms. The summed E-state index contributed by atoms with van der Waals surface area (Å²) >= 11 is 1.82. The first-order valence-electron chi connectivity index (χ1n) is 8.52. The van der Waals surface area contributed by atoms with Crippen LogP contribution in [0, 0.1) is 5.92 Å². The predicted octanol–water partition coefficient (Wildman–Crippen LogP) is 2.55. The van der Waals surface area contributed by atoms with E-state index in [1.54, 1.807) is 0 Å². The van der Waals surface area contributed by atoms with Gasteiger partial charge in [-0.05, 0) is 36.3 Å². The van der Waals surface area contributed by atoms with Gasteiger partial charge in [0.05, 0.1) is 11.6 Å². The van der Waals surface area contributed by atoms with E-state index in [4.69, 9.17) is 4.74 Å².